The summed E-state index contributed by atoms with van der Waals surface area (Å²) in [5, 5.41) is 5.05. The highest BCUT2D eigenvalue weighted by Gasteiger charge is 2.34. The molecule has 0 aliphatic rings. The number of sulfonamides is 1. The second kappa shape index (κ2) is 10.7. The summed E-state index contributed by atoms with van der Waals surface area (Å²) in [6, 6.07) is 1.17. The molecule has 0 radical (unpaired) electrons. The maximum Gasteiger partial charge on any atom is 0.419 e. The molecule has 1 rings (SSSR count). The molecule has 27 heavy (non-hydrogen) atoms. The Kier molecular flexibility index (Phi) is 9.33. The van der Waals surface area contributed by atoms with E-state index in [0.29, 0.717) is 12.2 Å². The largest absolute Gasteiger partial charge is 0.419 e. The van der Waals surface area contributed by atoms with Crippen LogP contribution in [0.25, 0.3) is 0 Å². The summed E-state index contributed by atoms with van der Waals surface area (Å²) in [4.78, 5) is 15.9. The van der Waals surface area contributed by atoms with Gasteiger partial charge in [0.15, 0.2) is 0 Å². The third-order valence-corrected chi connectivity index (χ3v) is 5.51. The molecule has 3 N–H and O–H groups in total. The topological polar surface area (TPSA) is 100 Å². The van der Waals surface area contributed by atoms with Crippen LogP contribution in [0.3, 0.4) is 0 Å². The van der Waals surface area contributed by atoms with Gasteiger partial charge >= 0.3 is 6.18 Å². The Hall–Kier alpha value is -1.53. The number of alkyl halides is 3. The van der Waals surface area contributed by atoms with E-state index in [1.54, 1.807) is 0 Å². The first-order valence-corrected chi connectivity index (χ1v) is 11.2. The highest BCUT2D eigenvalue weighted by atomic mass is 32.2. The lowest BCUT2D eigenvalue weighted by Crippen LogP contribution is -2.48. The van der Waals surface area contributed by atoms with Crippen LogP contribution in [0.4, 0.5) is 19.0 Å². The number of nitrogens with zero attached hydrogens (tertiary/aromatic N) is 1. The van der Waals surface area contributed by atoms with Gasteiger partial charge in [-0.25, -0.2) is 18.1 Å². The summed E-state index contributed by atoms with van der Waals surface area (Å²) in [6.45, 7) is 1.47. The quantitative estimate of drug-likeness (QED) is 0.464. The molecule has 154 valence electrons. The van der Waals surface area contributed by atoms with Crippen LogP contribution in [0.1, 0.15) is 18.9 Å². The van der Waals surface area contributed by atoms with Gasteiger partial charge in [-0.1, -0.05) is 0 Å². The minimum absolute atomic E-state index is 0.00160. The van der Waals surface area contributed by atoms with E-state index in [1.807, 2.05) is 6.26 Å². The van der Waals surface area contributed by atoms with Crippen molar-refractivity contribution in [3.05, 3.63) is 23.9 Å². The van der Waals surface area contributed by atoms with Gasteiger partial charge in [0, 0.05) is 19.3 Å². The van der Waals surface area contributed by atoms with Crippen LogP contribution in [0.15, 0.2) is 18.3 Å². The average molecular weight is 429 g/mol. The summed E-state index contributed by atoms with van der Waals surface area (Å²) < 4.78 is 64.4. The Morgan fingerprint density at radius 2 is 2.04 bits per heavy atom. The fourth-order valence-electron chi connectivity index (χ4n) is 2.04. The summed E-state index contributed by atoms with van der Waals surface area (Å²) in [5.74, 6) is -0.437. The number of halogens is 3. The number of hydrogen-bond donors (Lipinski definition) is 3. The number of thioether (sulfide) groups is 1. The summed E-state index contributed by atoms with van der Waals surface area (Å²) >= 11 is 1.47. The summed E-state index contributed by atoms with van der Waals surface area (Å²) in [5.41, 5.74) is -0.898. The standard InChI is InChI=1S/C15H23F3N4O3S2/c1-3-27(24,25)22-12(6-10-26-2)14(23)21-9-8-20-13-11(15(16,17)18)5-4-7-19-13/h4-5,7,12,22H,3,6,8-10H2,1-2H3,(H,19,20)(H,21,23). The van der Waals surface area contributed by atoms with E-state index in [2.05, 4.69) is 20.3 Å². The first-order valence-electron chi connectivity index (χ1n) is 8.13. The van der Waals surface area contributed by atoms with E-state index in [9.17, 15) is 26.4 Å². The van der Waals surface area contributed by atoms with Gasteiger partial charge in [-0.05, 0) is 37.5 Å². The van der Waals surface area contributed by atoms with Crippen molar-refractivity contribution in [2.75, 3.05) is 36.2 Å². The summed E-state index contributed by atoms with van der Waals surface area (Å²) in [6.07, 6.45) is -1.17. The molecule has 0 aromatic carbocycles. The van der Waals surface area contributed by atoms with Crippen molar-refractivity contribution < 1.29 is 26.4 Å². The van der Waals surface area contributed by atoms with Crippen molar-refractivity contribution in [2.24, 2.45) is 0 Å². The monoisotopic (exact) mass is 428 g/mol. The molecule has 1 atom stereocenters. The minimum Gasteiger partial charge on any atom is -0.368 e. The molecule has 1 unspecified atom stereocenters. The highest BCUT2D eigenvalue weighted by Crippen LogP contribution is 2.33. The Bertz CT molecular complexity index is 715. The first-order chi connectivity index (χ1) is 12.6. The first kappa shape index (κ1) is 23.5. The highest BCUT2D eigenvalue weighted by molar-refractivity contribution is 7.98. The van der Waals surface area contributed by atoms with Crippen molar-refractivity contribution in [1.29, 1.82) is 0 Å². The Labute approximate surface area is 160 Å². The molecular weight excluding hydrogens is 405 g/mol. The van der Waals surface area contributed by atoms with E-state index >= 15 is 0 Å². The summed E-state index contributed by atoms with van der Waals surface area (Å²) in [7, 11) is -3.56. The molecule has 1 amide bonds. The lowest BCUT2D eigenvalue weighted by Gasteiger charge is -2.18. The number of carbonyl (C=O) groups is 1. The average Bonchev–Trinajstić information content (AvgIpc) is 2.61. The van der Waals surface area contributed by atoms with E-state index in [-0.39, 0.29) is 24.7 Å². The van der Waals surface area contributed by atoms with Crippen LogP contribution < -0.4 is 15.4 Å². The Balaban J connectivity index is 2.60. The van der Waals surface area contributed by atoms with Gasteiger partial charge in [0.25, 0.3) is 0 Å². The lowest BCUT2D eigenvalue weighted by molar-refractivity contribution is -0.137. The van der Waals surface area contributed by atoms with Crippen LogP contribution in [0, 0.1) is 0 Å². The number of pyridine rings is 1. The maximum absolute atomic E-state index is 12.9. The van der Waals surface area contributed by atoms with Crippen molar-refractivity contribution in [3.8, 4) is 0 Å². The lowest BCUT2D eigenvalue weighted by atomic mass is 10.2. The van der Waals surface area contributed by atoms with Gasteiger partial charge in [-0.2, -0.15) is 24.9 Å². The van der Waals surface area contributed by atoms with Gasteiger partial charge < -0.3 is 10.6 Å². The molecule has 1 heterocycles. The van der Waals surface area contributed by atoms with Crippen LogP contribution in [-0.4, -0.2) is 56.2 Å². The minimum atomic E-state index is -4.54. The van der Waals surface area contributed by atoms with Gasteiger partial charge in [-0.15, -0.1) is 0 Å². The van der Waals surface area contributed by atoms with Crippen molar-refractivity contribution in [2.45, 2.75) is 25.6 Å². The normalized spacial score (nSPS) is 13.2. The smallest absolute Gasteiger partial charge is 0.368 e. The van der Waals surface area contributed by atoms with Gasteiger partial charge in [0.2, 0.25) is 15.9 Å². The van der Waals surface area contributed by atoms with Crippen molar-refractivity contribution >= 4 is 33.5 Å². The Morgan fingerprint density at radius 1 is 1.33 bits per heavy atom. The SMILES string of the molecule is CCS(=O)(=O)NC(CCSC)C(=O)NCCNc1ncccc1C(F)(F)F. The van der Waals surface area contributed by atoms with Gasteiger partial charge in [0.05, 0.1) is 11.3 Å². The molecule has 1 aromatic heterocycles. The third-order valence-electron chi connectivity index (χ3n) is 3.46. The number of rotatable bonds is 11. The van der Waals surface area contributed by atoms with E-state index < -0.39 is 33.7 Å². The van der Waals surface area contributed by atoms with Crippen molar-refractivity contribution in [3.63, 3.8) is 0 Å². The number of anilines is 1. The van der Waals surface area contributed by atoms with Crippen molar-refractivity contribution in [1.82, 2.24) is 15.0 Å². The van der Waals surface area contributed by atoms with Crippen LogP contribution in [0.2, 0.25) is 0 Å². The molecular formula is C15H23F3N4O3S2. The molecule has 1 aromatic rings. The zero-order chi connectivity index (χ0) is 20.5. The molecule has 0 saturated carbocycles. The Morgan fingerprint density at radius 3 is 2.63 bits per heavy atom. The third kappa shape index (κ3) is 8.35. The zero-order valence-corrected chi connectivity index (χ0v) is 16.6. The second-order valence-electron chi connectivity index (χ2n) is 5.47. The zero-order valence-electron chi connectivity index (χ0n) is 15.0. The molecule has 0 fully saturated rings. The number of aromatic nitrogens is 1. The predicted molar refractivity (Wildman–Crippen MR) is 100 cm³/mol. The van der Waals surface area contributed by atoms with E-state index in [4.69, 9.17) is 0 Å². The second-order valence-corrected chi connectivity index (χ2v) is 8.50. The fourth-order valence-corrected chi connectivity index (χ4v) is 3.34. The molecule has 0 aliphatic carbocycles. The van der Waals surface area contributed by atoms with E-state index in [1.165, 1.54) is 30.9 Å². The van der Waals surface area contributed by atoms with Crippen LogP contribution in [0.5, 0.6) is 0 Å². The van der Waals surface area contributed by atoms with Gasteiger partial charge in [0.1, 0.15) is 11.9 Å². The molecule has 7 nitrogen and oxygen atoms in total. The number of hydrogen-bond acceptors (Lipinski definition) is 6. The number of carbonyl (C=O) groups excluding carboxylic acids is 1. The fraction of sp³-hybridized carbons (Fsp3) is 0.600. The number of nitrogens with one attached hydrogen (secondary N) is 3. The molecule has 0 bridgehead atoms. The van der Waals surface area contributed by atoms with Gasteiger partial charge in [-0.3, -0.25) is 4.79 Å². The molecule has 0 aliphatic heterocycles. The number of amides is 1. The maximum atomic E-state index is 12.9. The predicted octanol–water partition coefficient (Wildman–Crippen LogP) is 1.69. The van der Waals surface area contributed by atoms with Crippen LogP contribution in [-0.2, 0) is 21.0 Å². The molecule has 0 saturated heterocycles. The van der Waals surface area contributed by atoms with E-state index in [0.717, 1.165) is 6.07 Å². The van der Waals surface area contributed by atoms with Crippen LogP contribution >= 0.6 is 11.8 Å². The molecule has 0 spiro atoms. The molecule has 12 heteroatoms.